The van der Waals surface area contributed by atoms with Crippen molar-refractivity contribution in [2.24, 2.45) is 0 Å². The summed E-state index contributed by atoms with van der Waals surface area (Å²) in [6.07, 6.45) is 1.90. The van der Waals surface area contributed by atoms with E-state index in [4.69, 9.17) is 9.72 Å². The lowest BCUT2D eigenvalue weighted by Crippen LogP contribution is -2.37. The van der Waals surface area contributed by atoms with Gasteiger partial charge in [0, 0.05) is 23.3 Å². The van der Waals surface area contributed by atoms with Crippen molar-refractivity contribution in [2.75, 3.05) is 10.7 Å². The number of carbonyl (C=O) groups is 1. The molecular weight excluding hydrogens is 420 g/mol. The molecule has 0 saturated heterocycles. The Bertz CT molecular complexity index is 1130. The van der Waals surface area contributed by atoms with Gasteiger partial charge in [0.25, 0.3) is 0 Å². The molecule has 0 bridgehead atoms. The molecule has 0 radical (unpaired) electrons. The second-order valence-corrected chi connectivity index (χ2v) is 8.98. The van der Waals surface area contributed by atoms with Gasteiger partial charge in [-0.3, -0.25) is 9.69 Å². The first-order valence-electron chi connectivity index (χ1n) is 11.1. The maximum absolute atomic E-state index is 13.2. The molecule has 3 aromatic rings. The number of unbranched alkanes of at least 4 members (excludes halogenated alkanes) is 1. The van der Waals surface area contributed by atoms with Crippen LogP contribution in [0.5, 0.6) is 5.88 Å². The third-order valence-corrected chi connectivity index (χ3v) is 6.43. The Labute approximate surface area is 193 Å². The Balaban J connectivity index is 1.89. The van der Waals surface area contributed by atoms with E-state index in [1.165, 1.54) is 0 Å². The third-order valence-electron chi connectivity index (χ3n) is 5.50. The number of thioether (sulfide) groups is 1. The number of amides is 1. The van der Waals surface area contributed by atoms with E-state index >= 15 is 0 Å². The molecule has 4 rings (SSSR count). The fourth-order valence-electron chi connectivity index (χ4n) is 3.83. The predicted octanol–water partition coefficient (Wildman–Crippen LogP) is 5.88. The number of hydrogen-bond acceptors (Lipinski definition) is 6. The first kappa shape index (κ1) is 22.3. The van der Waals surface area contributed by atoms with Crippen LogP contribution in [0.3, 0.4) is 0 Å². The number of hydrogen-bond donors (Lipinski definition) is 0. The van der Waals surface area contributed by atoms with Crippen LogP contribution in [0.4, 0.5) is 5.69 Å². The zero-order valence-electron chi connectivity index (χ0n) is 19.0. The summed E-state index contributed by atoms with van der Waals surface area (Å²) in [4.78, 5) is 19.7. The molecule has 1 aliphatic rings. The average molecular weight is 449 g/mol. The quantitative estimate of drug-likeness (QED) is 0.346. The van der Waals surface area contributed by atoms with Gasteiger partial charge in [0.15, 0.2) is 5.69 Å². The summed E-state index contributed by atoms with van der Waals surface area (Å²) in [5.74, 6) is 1.30. The van der Waals surface area contributed by atoms with Crippen LogP contribution in [0, 0.1) is 13.8 Å². The van der Waals surface area contributed by atoms with Crippen molar-refractivity contribution in [1.82, 2.24) is 15.2 Å². The van der Waals surface area contributed by atoms with Crippen LogP contribution < -0.4 is 9.64 Å². The molecule has 6 nitrogen and oxygen atoms in total. The van der Waals surface area contributed by atoms with E-state index in [1.807, 2.05) is 50.2 Å². The van der Waals surface area contributed by atoms with Crippen molar-refractivity contribution in [3.05, 3.63) is 59.2 Å². The van der Waals surface area contributed by atoms with Gasteiger partial charge in [-0.2, -0.15) is 4.98 Å². The lowest BCUT2D eigenvalue weighted by molar-refractivity contribution is -0.120. The van der Waals surface area contributed by atoms with Crippen molar-refractivity contribution in [3.8, 4) is 17.1 Å². The zero-order chi connectivity index (χ0) is 22.7. The summed E-state index contributed by atoms with van der Waals surface area (Å²) in [6, 6.07) is 13.9. The van der Waals surface area contributed by atoms with Gasteiger partial charge in [0.05, 0.1) is 5.69 Å². The molecular formula is C25H28N4O2S. The largest absolute Gasteiger partial charge is 0.447 e. The average Bonchev–Trinajstić information content (AvgIpc) is 2.93. The van der Waals surface area contributed by atoms with Gasteiger partial charge in [0.2, 0.25) is 23.2 Å². The number of para-hydroxylation sites is 1. The number of fused-ring (bicyclic) bond motifs is 3. The van der Waals surface area contributed by atoms with Crippen LogP contribution in [-0.2, 0) is 4.79 Å². The van der Waals surface area contributed by atoms with E-state index in [9.17, 15) is 4.79 Å². The van der Waals surface area contributed by atoms with Gasteiger partial charge < -0.3 is 4.74 Å². The molecule has 0 saturated carbocycles. The monoisotopic (exact) mass is 448 g/mol. The van der Waals surface area contributed by atoms with Crippen LogP contribution in [0.15, 0.2) is 47.6 Å². The second kappa shape index (κ2) is 9.69. The van der Waals surface area contributed by atoms with Crippen LogP contribution in [0.25, 0.3) is 11.3 Å². The fraction of sp³-hybridized carbons (Fsp3) is 0.360. The molecule has 0 N–H and O–H groups in total. The Morgan fingerprint density at radius 1 is 1.12 bits per heavy atom. The minimum atomic E-state index is -0.643. The maximum atomic E-state index is 13.2. The first-order chi connectivity index (χ1) is 15.5. The van der Waals surface area contributed by atoms with E-state index in [0.717, 1.165) is 46.5 Å². The number of aryl methyl sites for hydroxylation is 2. The van der Waals surface area contributed by atoms with Gasteiger partial charge in [-0.15, -0.1) is 10.2 Å². The molecule has 0 unspecified atom stereocenters. The summed E-state index contributed by atoms with van der Waals surface area (Å²) < 4.78 is 6.51. The van der Waals surface area contributed by atoms with Crippen molar-refractivity contribution in [2.45, 2.75) is 58.3 Å². The lowest BCUT2D eigenvalue weighted by Gasteiger charge is -2.31. The van der Waals surface area contributed by atoms with Crippen molar-refractivity contribution < 1.29 is 9.53 Å². The predicted molar refractivity (Wildman–Crippen MR) is 128 cm³/mol. The van der Waals surface area contributed by atoms with Crippen molar-refractivity contribution in [1.29, 1.82) is 0 Å². The fourth-order valence-corrected chi connectivity index (χ4v) is 4.69. The molecule has 1 aromatic heterocycles. The Kier molecular flexibility index (Phi) is 6.74. The molecule has 1 amide bonds. The summed E-state index contributed by atoms with van der Waals surface area (Å²) in [5.41, 5.74) is 5.25. The molecule has 0 fully saturated rings. The van der Waals surface area contributed by atoms with E-state index < -0.39 is 6.23 Å². The van der Waals surface area contributed by atoms with E-state index in [1.54, 1.807) is 16.7 Å². The molecule has 32 heavy (non-hydrogen) atoms. The molecule has 166 valence electrons. The van der Waals surface area contributed by atoms with Gasteiger partial charge in [-0.25, -0.2) is 0 Å². The van der Waals surface area contributed by atoms with Crippen LogP contribution in [0.2, 0.25) is 0 Å². The molecule has 2 heterocycles. The minimum Gasteiger partial charge on any atom is -0.447 e. The summed E-state index contributed by atoms with van der Waals surface area (Å²) >= 11 is 1.57. The molecule has 0 aliphatic carbocycles. The first-order valence-corrected chi connectivity index (χ1v) is 12.0. The number of rotatable bonds is 6. The molecule has 0 spiro atoms. The smallest absolute Gasteiger partial charge is 0.247 e. The highest BCUT2D eigenvalue weighted by Gasteiger charge is 2.35. The second-order valence-electron chi connectivity index (χ2n) is 7.91. The maximum Gasteiger partial charge on any atom is 0.247 e. The number of aromatic nitrogens is 3. The zero-order valence-corrected chi connectivity index (χ0v) is 19.8. The molecule has 2 aromatic carbocycles. The van der Waals surface area contributed by atoms with Crippen LogP contribution in [0.1, 0.15) is 56.0 Å². The van der Waals surface area contributed by atoms with Gasteiger partial charge in [-0.05, 0) is 31.9 Å². The molecule has 7 heteroatoms. The van der Waals surface area contributed by atoms with Gasteiger partial charge >= 0.3 is 0 Å². The standard InChI is InChI=1S/C25H28N4O2S/c1-5-7-14-32-25-26-23-22(27-28-25)19-10-8-9-11-20(19)29(21(30)6-2)24(31-23)18-13-12-16(3)15-17(18)4/h8-13,15,24H,5-7,14H2,1-4H3/t24-/m0/s1. The highest BCUT2D eigenvalue weighted by molar-refractivity contribution is 7.99. The SMILES string of the molecule is CCCCSc1nnc2c(n1)O[C@@H](c1ccc(C)cc1C)N(C(=O)CC)c1ccccc1-2. The number of nitrogens with zero attached hydrogens (tertiary/aromatic N) is 4. The topological polar surface area (TPSA) is 68.2 Å². The summed E-state index contributed by atoms with van der Waals surface area (Å²) in [7, 11) is 0. The Morgan fingerprint density at radius 3 is 2.69 bits per heavy atom. The third kappa shape index (κ3) is 4.35. The van der Waals surface area contributed by atoms with E-state index in [2.05, 4.69) is 30.1 Å². The van der Waals surface area contributed by atoms with Gasteiger partial charge in [0.1, 0.15) is 0 Å². The summed E-state index contributed by atoms with van der Waals surface area (Å²) in [6.45, 7) is 8.12. The Morgan fingerprint density at radius 2 is 1.94 bits per heavy atom. The molecule has 1 aliphatic heterocycles. The molecule has 1 atom stereocenters. The van der Waals surface area contributed by atoms with Gasteiger partial charge in [-0.1, -0.05) is 74.0 Å². The highest BCUT2D eigenvalue weighted by atomic mass is 32.2. The Hall–Kier alpha value is -2.93. The number of ether oxygens (including phenoxy) is 1. The lowest BCUT2D eigenvalue weighted by atomic mass is 10.0. The number of anilines is 1. The van der Waals surface area contributed by atoms with Crippen molar-refractivity contribution in [3.63, 3.8) is 0 Å². The van der Waals surface area contributed by atoms with Crippen LogP contribution in [-0.4, -0.2) is 26.8 Å². The minimum absolute atomic E-state index is 0.0271. The number of benzene rings is 2. The normalized spacial score (nSPS) is 14.9. The van der Waals surface area contributed by atoms with Crippen LogP contribution >= 0.6 is 11.8 Å². The summed E-state index contributed by atoms with van der Waals surface area (Å²) in [5, 5.41) is 9.41. The van der Waals surface area contributed by atoms with E-state index in [0.29, 0.717) is 23.2 Å². The van der Waals surface area contributed by atoms with Crippen molar-refractivity contribution >= 4 is 23.4 Å². The number of carbonyl (C=O) groups excluding carboxylic acids is 1. The van der Waals surface area contributed by atoms with E-state index in [-0.39, 0.29) is 5.91 Å². The highest BCUT2D eigenvalue weighted by Crippen LogP contribution is 2.44.